The van der Waals surface area contributed by atoms with Crippen LogP contribution in [0.3, 0.4) is 0 Å². The van der Waals surface area contributed by atoms with E-state index in [4.69, 9.17) is 48.3 Å². The van der Waals surface area contributed by atoms with Crippen molar-refractivity contribution < 1.29 is 51.6 Å². The summed E-state index contributed by atoms with van der Waals surface area (Å²) in [6, 6.07) is 0. The molecule has 4 nitrogen and oxygen atoms in total. The second kappa shape index (κ2) is 59.3. The SMILES string of the molecule is C1=CCCC=CCC1.[CH-]=O.[CH-]=O.[CH-]=O.[CH-]=O.[Cl][Rh]([Cl])[Cl].[Rh]. The molecule has 0 spiro atoms. The fourth-order valence-electron chi connectivity index (χ4n) is 0.856. The van der Waals surface area contributed by atoms with Crippen LogP contribution in [0.15, 0.2) is 24.3 Å². The van der Waals surface area contributed by atoms with E-state index >= 15 is 0 Å². The van der Waals surface area contributed by atoms with Crippen LogP contribution >= 0.6 is 29.1 Å². The number of hydrogen-bond donors (Lipinski definition) is 0. The van der Waals surface area contributed by atoms with Crippen molar-refractivity contribution in [3.8, 4) is 0 Å². The number of allylic oxidation sites excluding steroid dienone is 4. The molecule has 0 heterocycles. The minimum Gasteiger partial charge on any atom is 0 e. The van der Waals surface area contributed by atoms with Gasteiger partial charge in [-0.2, -0.15) is 0 Å². The quantitative estimate of drug-likeness (QED) is 0.205. The molecule has 0 aliphatic heterocycles. The summed E-state index contributed by atoms with van der Waals surface area (Å²) in [5, 5.41) is 0. The third-order valence-electron chi connectivity index (χ3n) is 1.33. The number of hydrogen-bond acceptors (Lipinski definition) is 4. The van der Waals surface area contributed by atoms with E-state index in [0.29, 0.717) is 0 Å². The Hall–Kier alpha value is 0.277. The summed E-state index contributed by atoms with van der Waals surface area (Å²) in [5.41, 5.74) is 0. The zero-order chi connectivity index (χ0) is 17.2. The fourth-order valence-corrected chi connectivity index (χ4v) is 0.856. The summed E-state index contributed by atoms with van der Waals surface area (Å²) in [6.07, 6.45) is 14.0. The molecule has 0 saturated carbocycles. The van der Waals surface area contributed by atoms with Gasteiger partial charge in [0.05, 0.1) is 0 Å². The van der Waals surface area contributed by atoms with Gasteiger partial charge in [0.2, 0.25) is 0 Å². The van der Waals surface area contributed by atoms with E-state index in [1.807, 2.05) is 0 Å². The van der Waals surface area contributed by atoms with Crippen molar-refractivity contribution in [2.45, 2.75) is 25.7 Å². The molecule has 1 rings (SSSR count). The Morgan fingerprint density at radius 1 is 0.571 bits per heavy atom. The Bertz CT molecular complexity index is 172. The molecule has 0 aromatic rings. The summed E-state index contributed by atoms with van der Waals surface area (Å²) in [5.74, 6) is 0. The Morgan fingerprint density at radius 2 is 0.667 bits per heavy atom. The first-order chi connectivity index (χ1) is 9.73. The average Bonchev–Trinajstić information content (AvgIpc) is 2.46. The van der Waals surface area contributed by atoms with Crippen molar-refractivity contribution >= 4 is 56.2 Å². The topological polar surface area (TPSA) is 68.3 Å². The maximum absolute atomic E-state index is 7.75. The molecule has 0 saturated heterocycles. The third kappa shape index (κ3) is 98.9. The van der Waals surface area contributed by atoms with Gasteiger partial charge in [-0.1, -0.05) is 24.3 Å². The summed E-state index contributed by atoms with van der Waals surface area (Å²) >= 11 is -1.66. The normalized spacial score (nSPS) is 10.5. The monoisotopic (exact) mass is 535 g/mol. The van der Waals surface area contributed by atoms with Gasteiger partial charge in [-0.3, -0.25) is 27.2 Å². The minimum atomic E-state index is -1.66. The van der Waals surface area contributed by atoms with Crippen LogP contribution in [-0.2, 0) is 51.6 Å². The smallest absolute Gasteiger partial charge is 0 e. The molecule has 0 N–H and O–H groups in total. The van der Waals surface area contributed by atoms with Crippen molar-refractivity contribution in [2.24, 2.45) is 0 Å². The standard InChI is InChI=1S/C8H12.4CHO.3ClH.2Rh/c1-2-4-6-8-7-5-3-1;4*1-2;;;;;/h1-2,7-8H,3-6H2;4*1H;3*1H;;/q;4*-1;;;;;+3/p-3. The predicted octanol–water partition coefficient (Wildman–Crippen LogP) is 3.64. The first-order valence-electron chi connectivity index (χ1n) is 4.62. The van der Waals surface area contributed by atoms with Crippen LogP contribution in [-0.4, -0.2) is 27.2 Å². The zero-order valence-electron chi connectivity index (χ0n) is 10.9. The zero-order valence-corrected chi connectivity index (χ0v) is 16.4. The van der Waals surface area contributed by atoms with Gasteiger partial charge in [-0.15, -0.1) is 0 Å². The molecule has 9 heteroatoms. The number of halogens is 3. The van der Waals surface area contributed by atoms with Crippen molar-refractivity contribution in [2.75, 3.05) is 0 Å². The molecular formula is C12H16Cl3O4Rh2-4. The first kappa shape index (κ1) is 37.5. The van der Waals surface area contributed by atoms with Gasteiger partial charge in [0, 0.05) is 19.5 Å². The summed E-state index contributed by atoms with van der Waals surface area (Å²) < 4.78 is 0. The predicted molar refractivity (Wildman–Crippen MR) is 81.3 cm³/mol. The maximum Gasteiger partial charge on any atom is 0 e. The fraction of sp³-hybridized carbons (Fsp3) is 0.333. The molecule has 1 radical (unpaired) electrons. The molecule has 0 bridgehead atoms. The van der Waals surface area contributed by atoms with Gasteiger partial charge >= 0.3 is 42.1 Å². The third-order valence-corrected chi connectivity index (χ3v) is 1.33. The van der Waals surface area contributed by atoms with Crippen molar-refractivity contribution in [3.05, 3.63) is 24.3 Å². The van der Waals surface area contributed by atoms with E-state index in [2.05, 4.69) is 51.5 Å². The molecule has 0 aromatic carbocycles. The van der Waals surface area contributed by atoms with E-state index in [0.717, 1.165) is 0 Å². The first-order valence-corrected chi connectivity index (χ1v) is 11.0. The Morgan fingerprint density at radius 3 is 0.762 bits per heavy atom. The molecule has 0 unspecified atom stereocenters. The minimum absolute atomic E-state index is 0. The van der Waals surface area contributed by atoms with Crippen LogP contribution in [0.25, 0.3) is 0 Å². The Kier molecular flexibility index (Phi) is 106. The van der Waals surface area contributed by atoms with E-state index in [9.17, 15) is 0 Å². The maximum atomic E-state index is 7.75. The van der Waals surface area contributed by atoms with Crippen LogP contribution in [0, 0.1) is 0 Å². The Balaban J connectivity index is -0.0000000376. The van der Waals surface area contributed by atoms with Gasteiger partial charge in [0.1, 0.15) is 0 Å². The van der Waals surface area contributed by atoms with Crippen molar-refractivity contribution in [1.29, 1.82) is 0 Å². The largest absolute Gasteiger partial charge is 0 e. The van der Waals surface area contributed by atoms with E-state index < -0.39 is 13.0 Å². The van der Waals surface area contributed by atoms with Gasteiger partial charge in [-0.05, 0) is 25.7 Å². The van der Waals surface area contributed by atoms with Crippen LogP contribution in [0.5, 0.6) is 0 Å². The van der Waals surface area contributed by atoms with Gasteiger partial charge in [-0.25, -0.2) is 0 Å². The molecule has 21 heavy (non-hydrogen) atoms. The van der Waals surface area contributed by atoms with Gasteiger partial charge < -0.3 is 19.2 Å². The van der Waals surface area contributed by atoms with Gasteiger partial charge in [0.15, 0.2) is 0 Å². The van der Waals surface area contributed by atoms with E-state index in [1.165, 1.54) is 25.7 Å². The van der Waals surface area contributed by atoms with Crippen LogP contribution in [0.2, 0.25) is 0 Å². The van der Waals surface area contributed by atoms with E-state index in [-0.39, 0.29) is 19.5 Å². The molecule has 1 aliphatic carbocycles. The molecular weight excluding hydrogens is 520 g/mol. The van der Waals surface area contributed by atoms with Crippen LogP contribution in [0.4, 0.5) is 0 Å². The Labute approximate surface area is 157 Å². The molecule has 0 fully saturated rings. The van der Waals surface area contributed by atoms with Gasteiger partial charge in [0.25, 0.3) is 0 Å². The van der Waals surface area contributed by atoms with Crippen LogP contribution < -0.4 is 0 Å². The molecule has 0 amide bonds. The molecule has 1 aliphatic rings. The number of rotatable bonds is 0. The van der Waals surface area contributed by atoms with Crippen molar-refractivity contribution in [3.63, 3.8) is 0 Å². The molecule has 0 atom stereocenters. The summed E-state index contributed by atoms with van der Waals surface area (Å²) in [6.45, 7) is 13.0. The van der Waals surface area contributed by atoms with Crippen LogP contribution in [0.1, 0.15) is 25.7 Å². The second-order valence-corrected chi connectivity index (χ2v) is 9.70. The summed E-state index contributed by atoms with van der Waals surface area (Å²) in [4.78, 5) is 31.0. The van der Waals surface area contributed by atoms with E-state index in [1.54, 1.807) is 0 Å². The average molecular weight is 536 g/mol. The number of carbonyl (C=O) groups excluding carboxylic acids is 4. The molecule has 131 valence electrons. The second-order valence-electron chi connectivity index (χ2n) is 2.24. The van der Waals surface area contributed by atoms with Crippen molar-refractivity contribution in [1.82, 2.24) is 0 Å². The molecule has 0 aromatic heterocycles. The summed E-state index contributed by atoms with van der Waals surface area (Å²) in [7, 11) is 14.8.